The number of aryl methyl sites for hydroxylation is 1. The third-order valence-corrected chi connectivity index (χ3v) is 2.91. The average molecular weight is 254 g/mol. The van der Waals surface area contributed by atoms with E-state index in [1.165, 1.54) is 15.8 Å². The minimum atomic E-state index is -1.08. The van der Waals surface area contributed by atoms with Crippen molar-refractivity contribution < 1.29 is 19.8 Å². The second-order valence-electron chi connectivity index (χ2n) is 4.21. The van der Waals surface area contributed by atoms with Crippen LogP contribution in [0, 0.1) is 0 Å². The number of carboxylic acids is 1. The molecule has 0 aliphatic carbocycles. The zero-order valence-electron chi connectivity index (χ0n) is 9.64. The van der Waals surface area contributed by atoms with Crippen molar-refractivity contribution in [2.45, 2.75) is 31.5 Å². The van der Waals surface area contributed by atoms with Crippen LogP contribution in [0.1, 0.15) is 12.8 Å². The molecule has 0 saturated carbocycles. The fraction of sp³-hybridized carbons (Fsp3) is 0.600. The molecule has 18 heavy (non-hydrogen) atoms. The number of amides is 1. The number of nitrogens with zero attached hydrogens (tertiary/aromatic N) is 4. The first-order valence-corrected chi connectivity index (χ1v) is 5.62. The lowest BCUT2D eigenvalue weighted by atomic mass is 10.2. The SMILES string of the molecule is O=C(O)C1CC(O)CN1C(=O)CCn1ccnn1. The molecule has 0 radical (unpaired) electrons. The Morgan fingerprint density at radius 1 is 1.44 bits per heavy atom. The molecule has 2 rings (SSSR count). The van der Waals surface area contributed by atoms with E-state index in [4.69, 9.17) is 5.11 Å². The van der Waals surface area contributed by atoms with Crippen molar-refractivity contribution in [3.05, 3.63) is 12.4 Å². The van der Waals surface area contributed by atoms with Gasteiger partial charge in [-0.25, -0.2) is 4.79 Å². The van der Waals surface area contributed by atoms with E-state index in [9.17, 15) is 14.7 Å². The molecule has 8 nitrogen and oxygen atoms in total. The lowest BCUT2D eigenvalue weighted by Gasteiger charge is -2.20. The van der Waals surface area contributed by atoms with Crippen LogP contribution in [0.4, 0.5) is 0 Å². The number of likely N-dealkylation sites (tertiary alicyclic amines) is 1. The van der Waals surface area contributed by atoms with Gasteiger partial charge >= 0.3 is 5.97 Å². The van der Waals surface area contributed by atoms with E-state index >= 15 is 0 Å². The highest BCUT2D eigenvalue weighted by Crippen LogP contribution is 2.19. The number of aliphatic carboxylic acids is 1. The number of rotatable bonds is 4. The van der Waals surface area contributed by atoms with E-state index in [2.05, 4.69) is 10.3 Å². The van der Waals surface area contributed by atoms with Gasteiger partial charge in [0.1, 0.15) is 6.04 Å². The molecule has 2 unspecified atom stereocenters. The minimum absolute atomic E-state index is 0.0765. The summed E-state index contributed by atoms with van der Waals surface area (Å²) in [6.07, 6.45) is 2.59. The minimum Gasteiger partial charge on any atom is -0.480 e. The predicted molar refractivity (Wildman–Crippen MR) is 58.4 cm³/mol. The zero-order valence-corrected chi connectivity index (χ0v) is 9.64. The van der Waals surface area contributed by atoms with Crippen LogP contribution in [0.2, 0.25) is 0 Å². The van der Waals surface area contributed by atoms with Crippen molar-refractivity contribution in [1.29, 1.82) is 0 Å². The summed E-state index contributed by atoms with van der Waals surface area (Å²) in [7, 11) is 0. The maximum atomic E-state index is 11.9. The number of β-amino-alcohol motifs (C(OH)–C–C–N with tert-alkyl or cyclic N) is 1. The van der Waals surface area contributed by atoms with Crippen LogP contribution in [0.15, 0.2) is 12.4 Å². The van der Waals surface area contributed by atoms with E-state index in [-0.39, 0.29) is 25.3 Å². The molecule has 1 fully saturated rings. The molecule has 1 aliphatic rings. The number of hydrogen-bond donors (Lipinski definition) is 2. The van der Waals surface area contributed by atoms with Gasteiger partial charge in [0.15, 0.2) is 0 Å². The van der Waals surface area contributed by atoms with E-state index in [1.54, 1.807) is 6.20 Å². The number of carbonyl (C=O) groups is 2. The molecule has 1 amide bonds. The largest absolute Gasteiger partial charge is 0.480 e. The Morgan fingerprint density at radius 3 is 2.83 bits per heavy atom. The van der Waals surface area contributed by atoms with Gasteiger partial charge in [-0.2, -0.15) is 0 Å². The summed E-state index contributed by atoms with van der Waals surface area (Å²) in [6, 6.07) is -0.928. The predicted octanol–water partition coefficient (Wildman–Crippen LogP) is -1.29. The van der Waals surface area contributed by atoms with Crippen molar-refractivity contribution in [2.75, 3.05) is 6.54 Å². The molecule has 2 heterocycles. The van der Waals surface area contributed by atoms with Gasteiger partial charge in [0, 0.05) is 25.6 Å². The van der Waals surface area contributed by atoms with Crippen molar-refractivity contribution in [2.24, 2.45) is 0 Å². The van der Waals surface area contributed by atoms with Crippen LogP contribution < -0.4 is 0 Å². The Labute approximate surface area is 103 Å². The highest BCUT2D eigenvalue weighted by Gasteiger charge is 2.38. The molecule has 1 aromatic heterocycles. The van der Waals surface area contributed by atoms with E-state index in [1.807, 2.05) is 0 Å². The normalized spacial score (nSPS) is 23.3. The number of hydrogen-bond acceptors (Lipinski definition) is 5. The molecule has 0 spiro atoms. The van der Waals surface area contributed by atoms with Crippen LogP contribution in [0.5, 0.6) is 0 Å². The van der Waals surface area contributed by atoms with Crippen molar-refractivity contribution >= 4 is 11.9 Å². The fourth-order valence-electron chi connectivity index (χ4n) is 2.03. The standard InChI is InChI=1S/C10H14N4O4/c15-7-5-8(10(17)18)14(6-7)9(16)1-3-13-4-2-11-12-13/h2,4,7-8,15H,1,3,5-6H2,(H,17,18). The third kappa shape index (κ3) is 2.65. The number of aliphatic hydroxyl groups excluding tert-OH is 1. The van der Waals surface area contributed by atoms with Crippen LogP contribution in [0.25, 0.3) is 0 Å². The molecule has 2 atom stereocenters. The summed E-state index contributed by atoms with van der Waals surface area (Å²) >= 11 is 0. The lowest BCUT2D eigenvalue weighted by molar-refractivity contribution is -0.148. The van der Waals surface area contributed by atoms with Gasteiger partial charge in [-0.05, 0) is 0 Å². The van der Waals surface area contributed by atoms with Gasteiger partial charge < -0.3 is 15.1 Å². The van der Waals surface area contributed by atoms with Crippen LogP contribution in [-0.2, 0) is 16.1 Å². The second-order valence-corrected chi connectivity index (χ2v) is 4.21. The van der Waals surface area contributed by atoms with Gasteiger partial charge in [0.2, 0.25) is 5.91 Å². The molecule has 98 valence electrons. The van der Waals surface area contributed by atoms with E-state index in [0.717, 1.165) is 0 Å². The molecule has 1 aromatic rings. The van der Waals surface area contributed by atoms with Crippen LogP contribution in [0.3, 0.4) is 0 Å². The van der Waals surface area contributed by atoms with Crippen LogP contribution in [-0.4, -0.2) is 60.7 Å². The third-order valence-electron chi connectivity index (χ3n) is 2.91. The molecule has 8 heteroatoms. The summed E-state index contributed by atoms with van der Waals surface area (Å²) < 4.78 is 1.50. The summed E-state index contributed by atoms with van der Waals surface area (Å²) in [5.74, 6) is -1.38. The summed E-state index contributed by atoms with van der Waals surface area (Å²) in [5.41, 5.74) is 0. The smallest absolute Gasteiger partial charge is 0.326 e. The first-order valence-electron chi connectivity index (χ1n) is 5.62. The summed E-state index contributed by atoms with van der Waals surface area (Å²) in [4.78, 5) is 24.1. The first-order chi connectivity index (χ1) is 8.58. The first kappa shape index (κ1) is 12.5. The topological polar surface area (TPSA) is 109 Å². The van der Waals surface area contributed by atoms with E-state index < -0.39 is 18.1 Å². The molecule has 0 aromatic carbocycles. The number of aliphatic hydroxyl groups is 1. The van der Waals surface area contributed by atoms with Gasteiger partial charge in [0.05, 0.1) is 18.8 Å². The molecule has 0 bridgehead atoms. The quantitative estimate of drug-likeness (QED) is 0.692. The van der Waals surface area contributed by atoms with Crippen LogP contribution >= 0.6 is 0 Å². The maximum absolute atomic E-state index is 11.9. The molecule has 1 aliphatic heterocycles. The van der Waals surface area contributed by atoms with E-state index in [0.29, 0.717) is 6.54 Å². The van der Waals surface area contributed by atoms with Gasteiger partial charge in [0.25, 0.3) is 0 Å². The number of carbonyl (C=O) groups excluding carboxylic acids is 1. The summed E-state index contributed by atoms with van der Waals surface area (Å²) in [5, 5.41) is 25.7. The van der Waals surface area contributed by atoms with Crippen molar-refractivity contribution in [3.8, 4) is 0 Å². The second kappa shape index (κ2) is 5.13. The highest BCUT2D eigenvalue weighted by molar-refractivity contribution is 5.84. The molecular formula is C10H14N4O4. The number of carboxylic acid groups (broad SMARTS) is 1. The molecule has 1 saturated heterocycles. The highest BCUT2D eigenvalue weighted by atomic mass is 16.4. The molecular weight excluding hydrogens is 240 g/mol. The maximum Gasteiger partial charge on any atom is 0.326 e. The Balaban J connectivity index is 1.93. The van der Waals surface area contributed by atoms with Gasteiger partial charge in [-0.15, -0.1) is 5.10 Å². The Hall–Kier alpha value is -1.96. The Bertz CT molecular complexity index is 433. The fourth-order valence-corrected chi connectivity index (χ4v) is 2.03. The van der Waals surface area contributed by atoms with Crippen molar-refractivity contribution in [1.82, 2.24) is 19.9 Å². The number of aromatic nitrogens is 3. The molecule has 2 N–H and O–H groups in total. The average Bonchev–Trinajstić information content (AvgIpc) is 2.94. The lowest BCUT2D eigenvalue weighted by Crippen LogP contribution is -2.40. The monoisotopic (exact) mass is 254 g/mol. The summed E-state index contributed by atoms with van der Waals surface area (Å²) in [6.45, 7) is 0.422. The zero-order chi connectivity index (χ0) is 13.1. The van der Waals surface area contributed by atoms with Gasteiger partial charge in [-0.1, -0.05) is 5.21 Å². The Kier molecular flexibility index (Phi) is 3.56. The Morgan fingerprint density at radius 2 is 2.22 bits per heavy atom. The van der Waals surface area contributed by atoms with Gasteiger partial charge in [-0.3, -0.25) is 9.48 Å². The van der Waals surface area contributed by atoms with Crippen molar-refractivity contribution in [3.63, 3.8) is 0 Å².